The number of carbonyl (C=O) groups is 1. The van der Waals surface area contributed by atoms with Crippen molar-refractivity contribution in [3.05, 3.63) is 18.2 Å². The Labute approximate surface area is 229 Å². The number of rotatable bonds is 7. The average molecular weight is 553 g/mol. The summed E-state index contributed by atoms with van der Waals surface area (Å²) < 4.78 is 35.7. The molecule has 2 unspecified atom stereocenters. The van der Waals surface area contributed by atoms with Gasteiger partial charge in [-0.1, -0.05) is 19.9 Å². The van der Waals surface area contributed by atoms with Gasteiger partial charge in [-0.25, -0.2) is 23.3 Å². The summed E-state index contributed by atoms with van der Waals surface area (Å²) in [4.78, 5) is 19.1. The second kappa shape index (κ2) is 10.6. The normalized spacial score (nSPS) is 25.6. The van der Waals surface area contributed by atoms with Crippen LogP contribution in [0.15, 0.2) is 23.2 Å². The second-order valence-corrected chi connectivity index (χ2v) is 15.2. The summed E-state index contributed by atoms with van der Waals surface area (Å²) in [5.41, 5.74) is -1.31. The molecule has 0 saturated carbocycles. The molecule has 1 aromatic rings. The smallest absolute Gasteiger partial charge is 0.410 e. The van der Waals surface area contributed by atoms with Gasteiger partial charge < -0.3 is 19.7 Å². The third-order valence-corrected chi connectivity index (χ3v) is 9.47. The predicted octanol–water partition coefficient (Wildman–Crippen LogP) is 5.17. The number of nitrogens with zero attached hydrogens (tertiary/aromatic N) is 2. The Kier molecular flexibility index (Phi) is 8.53. The van der Waals surface area contributed by atoms with E-state index >= 15 is 0 Å². The molecular formula is C28H48N4O5S. The zero-order chi connectivity index (χ0) is 28.7. The number of carbonyl (C=O) groups excluding carboxylic acids is 1. The summed E-state index contributed by atoms with van der Waals surface area (Å²) >= 11 is 0. The number of nitrogens with two attached hydrogens (primary N) is 1. The summed E-state index contributed by atoms with van der Waals surface area (Å²) in [6, 6.07) is 4.86. The second-order valence-electron chi connectivity index (χ2n) is 13.7. The van der Waals surface area contributed by atoms with Gasteiger partial charge in [-0.15, -0.1) is 0 Å². The lowest BCUT2D eigenvalue weighted by Crippen LogP contribution is -2.55. The molecule has 2 saturated heterocycles. The highest BCUT2D eigenvalue weighted by molar-refractivity contribution is 7.89. The maximum absolute atomic E-state index is 12.9. The molecule has 0 bridgehead atoms. The van der Waals surface area contributed by atoms with Crippen molar-refractivity contribution < 1.29 is 22.7 Å². The Bertz CT molecular complexity index is 1110. The molecule has 3 heterocycles. The molecule has 0 aromatic carbocycles. The van der Waals surface area contributed by atoms with E-state index in [-0.39, 0.29) is 39.6 Å². The summed E-state index contributed by atoms with van der Waals surface area (Å²) in [6.07, 6.45) is 3.25. The van der Waals surface area contributed by atoms with Gasteiger partial charge in [0.25, 0.3) is 10.0 Å². The fourth-order valence-corrected chi connectivity index (χ4v) is 6.48. The molecule has 1 aromatic heterocycles. The molecule has 2 fully saturated rings. The van der Waals surface area contributed by atoms with Crippen LogP contribution in [0.2, 0.25) is 0 Å². The van der Waals surface area contributed by atoms with Crippen LogP contribution in [0, 0.1) is 17.3 Å². The van der Waals surface area contributed by atoms with E-state index in [4.69, 9.17) is 14.6 Å². The largest absolute Gasteiger partial charge is 0.444 e. The van der Waals surface area contributed by atoms with Crippen molar-refractivity contribution >= 4 is 21.9 Å². The molecule has 0 spiro atoms. The molecule has 2 aliphatic rings. The first kappa shape index (κ1) is 30.6. The zero-order valence-electron chi connectivity index (χ0n) is 24.6. The molecular weight excluding hydrogens is 504 g/mol. The number of ether oxygens (including phenoxy) is 2. The Balaban J connectivity index is 1.82. The van der Waals surface area contributed by atoms with Crippen molar-refractivity contribution in [2.45, 2.75) is 116 Å². The van der Waals surface area contributed by atoms with E-state index in [1.165, 1.54) is 6.07 Å². The standard InChI is InChI=1S/C28H48N4O5S/c1-25(2,3)37-24(33)32-18-19(17-26(32,4)5)13-14-21(20-15-16-36-28(8,9)27(20,6)7)30-22-11-10-12-23(31-22)38(29,34)35/h10-12,19-21H,13-18H2,1-9H3,(H,30,31)(H2,29,34,35)/t19-,20?,21?/m0/s1. The number of anilines is 1. The SMILES string of the molecule is CC(C)(C)OC(=O)N1C[C@@H](CCC(Nc2cccc(S(N)(=O)=O)n2)C2CCOC(C)(C)C2(C)C)CC1(C)C. The Hall–Kier alpha value is -1.91. The van der Waals surface area contributed by atoms with Crippen LogP contribution in [-0.4, -0.2) is 60.3 Å². The van der Waals surface area contributed by atoms with E-state index in [1.807, 2.05) is 25.7 Å². The monoisotopic (exact) mass is 552 g/mol. The van der Waals surface area contributed by atoms with Gasteiger partial charge in [0.05, 0.1) is 5.60 Å². The Morgan fingerprint density at radius 2 is 1.89 bits per heavy atom. The maximum Gasteiger partial charge on any atom is 0.410 e. The van der Waals surface area contributed by atoms with E-state index in [0.29, 0.717) is 24.9 Å². The number of primary sulfonamides is 1. The minimum Gasteiger partial charge on any atom is -0.444 e. The van der Waals surface area contributed by atoms with Gasteiger partial charge in [0.2, 0.25) is 0 Å². The highest BCUT2D eigenvalue weighted by Gasteiger charge is 2.50. The van der Waals surface area contributed by atoms with Crippen molar-refractivity contribution in [3.63, 3.8) is 0 Å². The molecule has 2 aliphatic heterocycles. The molecule has 0 aliphatic carbocycles. The zero-order valence-corrected chi connectivity index (χ0v) is 25.4. The van der Waals surface area contributed by atoms with Crippen LogP contribution in [0.25, 0.3) is 0 Å². The van der Waals surface area contributed by atoms with Gasteiger partial charge in [0.1, 0.15) is 11.4 Å². The molecule has 0 radical (unpaired) electrons. The molecule has 3 atom stereocenters. The first-order valence-corrected chi connectivity index (χ1v) is 15.2. The number of nitrogens with one attached hydrogen (secondary N) is 1. The van der Waals surface area contributed by atoms with Crippen LogP contribution >= 0.6 is 0 Å². The van der Waals surface area contributed by atoms with Crippen LogP contribution in [-0.2, 0) is 19.5 Å². The van der Waals surface area contributed by atoms with Crippen molar-refractivity contribution in [1.29, 1.82) is 0 Å². The van der Waals surface area contributed by atoms with Gasteiger partial charge in [-0.2, -0.15) is 0 Å². The van der Waals surface area contributed by atoms with Crippen LogP contribution in [0.3, 0.4) is 0 Å². The van der Waals surface area contributed by atoms with E-state index in [9.17, 15) is 13.2 Å². The lowest BCUT2D eigenvalue weighted by Gasteiger charge is -2.53. The maximum atomic E-state index is 12.9. The first-order valence-electron chi connectivity index (χ1n) is 13.6. The molecule has 9 nitrogen and oxygen atoms in total. The van der Waals surface area contributed by atoms with Crippen LogP contribution in [0.1, 0.15) is 88.0 Å². The van der Waals surface area contributed by atoms with Gasteiger partial charge in [-0.3, -0.25) is 0 Å². The van der Waals surface area contributed by atoms with Crippen molar-refractivity contribution in [1.82, 2.24) is 9.88 Å². The van der Waals surface area contributed by atoms with Crippen molar-refractivity contribution in [2.75, 3.05) is 18.5 Å². The number of amides is 1. The third-order valence-electron chi connectivity index (χ3n) is 8.66. The number of aromatic nitrogens is 1. The number of likely N-dealkylation sites (tertiary alicyclic amines) is 1. The van der Waals surface area contributed by atoms with Gasteiger partial charge in [0, 0.05) is 24.7 Å². The topological polar surface area (TPSA) is 124 Å². The van der Waals surface area contributed by atoms with Gasteiger partial charge in [0.15, 0.2) is 5.03 Å². The highest BCUT2D eigenvalue weighted by atomic mass is 32.2. The quantitative estimate of drug-likeness (QED) is 0.478. The number of hydrogen-bond donors (Lipinski definition) is 2. The summed E-state index contributed by atoms with van der Waals surface area (Å²) in [7, 11) is -3.91. The van der Waals surface area contributed by atoms with E-state index < -0.39 is 15.6 Å². The van der Waals surface area contributed by atoms with Gasteiger partial charge in [-0.05, 0) is 104 Å². The van der Waals surface area contributed by atoms with Crippen LogP contribution in [0.4, 0.5) is 10.6 Å². The molecule has 1 amide bonds. The van der Waals surface area contributed by atoms with Gasteiger partial charge >= 0.3 is 6.09 Å². The van der Waals surface area contributed by atoms with Crippen molar-refractivity contribution in [2.24, 2.45) is 22.4 Å². The third kappa shape index (κ3) is 6.99. The van der Waals surface area contributed by atoms with Crippen LogP contribution < -0.4 is 10.5 Å². The minimum absolute atomic E-state index is 0.0232. The van der Waals surface area contributed by atoms with E-state index in [1.54, 1.807) is 12.1 Å². The molecule has 10 heteroatoms. The molecule has 216 valence electrons. The minimum atomic E-state index is -3.91. The molecule has 3 rings (SSSR count). The van der Waals surface area contributed by atoms with Crippen LogP contribution in [0.5, 0.6) is 0 Å². The number of pyridine rings is 1. The molecule has 38 heavy (non-hydrogen) atoms. The number of sulfonamides is 1. The average Bonchev–Trinajstić information content (AvgIpc) is 3.06. The summed E-state index contributed by atoms with van der Waals surface area (Å²) in [5.74, 6) is 1.06. The number of hydrogen-bond acceptors (Lipinski definition) is 7. The molecule has 3 N–H and O–H groups in total. The fraction of sp³-hybridized carbons (Fsp3) is 0.786. The van der Waals surface area contributed by atoms with E-state index in [2.05, 4.69) is 51.8 Å². The lowest BCUT2D eigenvalue weighted by molar-refractivity contribution is -0.166. The summed E-state index contributed by atoms with van der Waals surface area (Å²) in [5, 5.41) is 8.76. The summed E-state index contributed by atoms with van der Waals surface area (Å²) in [6.45, 7) is 19.9. The fourth-order valence-electron chi connectivity index (χ4n) is 5.99. The van der Waals surface area contributed by atoms with E-state index in [0.717, 1.165) is 25.7 Å². The van der Waals surface area contributed by atoms with Crippen molar-refractivity contribution in [3.8, 4) is 0 Å². The first-order chi connectivity index (χ1) is 17.2. The lowest BCUT2D eigenvalue weighted by atomic mass is 9.62. The Morgan fingerprint density at radius 1 is 1.24 bits per heavy atom. The Morgan fingerprint density at radius 3 is 2.50 bits per heavy atom. The predicted molar refractivity (Wildman–Crippen MR) is 149 cm³/mol. The highest BCUT2D eigenvalue weighted by Crippen LogP contribution is 2.49.